The molecule has 0 bridgehead atoms. The van der Waals surface area contributed by atoms with Gasteiger partial charge in [-0.25, -0.2) is 17.5 Å². The third-order valence-corrected chi connectivity index (χ3v) is 6.50. The number of nitrogens with one attached hydrogen (secondary N) is 1. The van der Waals surface area contributed by atoms with E-state index in [1.165, 1.54) is 7.11 Å². The summed E-state index contributed by atoms with van der Waals surface area (Å²) < 4.78 is 46.5. The summed E-state index contributed by atoms with van der Waals surface area (Å²) in [6.45, 7) is 0. The first-order chi connectivity index (χ1) is 12.4. The summed E-state index contributed by atoms with van der Waals surface area (Å²) in [6, 6.07) is 7.83. The Morgan fingerprint density at radius 1 is 1.15 bits per heavy atom. The van der Waals surface area contributed by atoms with E-state index in [4.69, 9.17) is 0 Å². The van der Waals surface area contributed by atoms with Crippen LogP contribution < -0.4 is 4.72 Å². The van der Waals surface area contributed by atoms with E-state index in [0.29, 0.717) is 25.7 Å². The van der Waals surface area contributed by atoms with Crippen LogP contribution in [-0.2, 0) is 19.6 Å². The summed E-state index contributed by atoms with van der Waals surface area (Å²) in [5.74, 6) is -0.492. The molecule has 1 aliphatic carbocycles. The Kier molecular flexibility index (Phi) is 8.03. The van der Waals surface area contributed by atoms with Gasteiger partial charge in [0, 0.05) is 18.4 Å². The number of sulfonamides is 1. The lowest BCUT2D eigenvalue weighted by Gasteiger charge is -2.22. The van der Waals surface area contributed by atoms with E-state index < -0.39 is 16.2 Å². The SMILES string of the molecule is COC(=O)CCCCCC[C@H]1[C@H](F)CC[C@@H]1NS(=O)(=O)c1ccccc1. The van der Waals surface area contributed by atoms with Crippen molar-refractivity contribution in [2.75, 3.05) is 7.11 Å². The molecule has 1 aromatic rings. The minimum Gasteiger partial charge on any atom is -0.469 e. The second kappa shape index (κ2) is 10.0. The van der Waals surface area contributed by atoms with Crippen molar-refractivity contribution in [3.05, 3.63) is 30.3 Å². The molecule has 0 aromatic heterocycles. The number of methoxy groups -OCH3 is 1. The minimum atomic E-state index is -3.62. The topological polar surface area (TPSA) is 72.5 Å². The molecule has 0 saturated heterocycles. The second-order valence-corrected chi connectivity index (χ2v) is 8.54. The Morgan fingerprint density at radius 2 is 1.85 bits per heavy atom. The molecule has 0 unspecified atom stereocenters. The van der Waals surface area contributed by atoms with E-state index in [1.807, 2.05) is 0 Å². The predicted octanol–water partition coefficient (Wildman–Crippen LogP) is 3.60. The first-order valence-corrected chi connectivity index (χ1v) is 10.7. The Bertz CT molecular complexity index is 665. The maximum atomic E-state index is 14.2. The van der Waals surface area contributed by atoms with Gasteiger partial charge in [-0.05, 0) is 37.8 Å². The van der Waals surface area contributed by atoms with E-state index in [9.17, 15) is 17.6 Å². The van der Waals surface area contributed by atoms with Gasteiger partial charge in [-0.15, -0.1) is 0 Å². The monoisotopic (exact) mass is 385 g/mol. The van der Waals surface area contributed by atoms with E-state index >= 15 is 0 Å². The highest BCUT2D eigenvalue weighted by Gasteiger charge is 2.38. The van der Waals surface area contributed by atoms with Crippen molar-refractivity contribution in [2.24, 2.45) is 5.92 Å². The number of benzene rings is 1. The fraction of sp³-hybridized carbons (Fsp3) is 0.632. The maximum absolute atomic E-state index is 14.2. The van der Waals surface area contributed by atoms with Crippen LogP contribution in [0.15, 0.2) is 35.2 Å². The van der Waals surface area contributed by atoms with Gasteiger partial charge in [-0.1, -0.05) is 37.5 Å². The highest BCUT2D eigenvalue weighted by Crippen LogP contribution is 2.34. The highest BCUT2D eigenvalue weighted by atomic mass is 32.2. The molecule has 0 radical (unpaired) electrons. The van der Waals surface area contributed by atoms with Crippen LogP contribution in [-0.4, -0.2) is 33.7 Å². The zero-order valence-electron chi connectivity index (χ0n) is 15.2. The number of carbonyl (C=O) groups is 1. The number of hydrogen-bond donors (Lipinski definition) is 1. The molecule has 5 nitrogen and oxygen atoms in total. The second-order valence-electron chi connectivity index (χ2n) is 6.83. The highest BCUT2D eigenvalue weighted by molar-refractivity contribution is 7.89. The van der Waals surface area contributed by atoms with Crippen molar-refractivity contribution in [2.45, 2.75) is 68.5 Å². The summed E-state index contributed by atoms with van der Waals surface area (Å²) in [5, 5.41) is 0. The molecular formula is C19H28FNO4S. The fourth-order valence-electron chi connectivity index (χ4n) is 3.52. The maximum Gasteiger partial charge on any atom is 0.305 e. The number of carbonyl (C=O) groups excluding carboxylic acids is 1. The average molecular weight is 386 g/mol. The number of halogens is 1. The van der Waals surface area contributed by atoms with Crippen molar-refractivity contribution < 1.29 is 22.3 Å². The number of alkyl halides is 1. The molecule has 1 N–H and O–H groups in total. The van der Waals surface area contributed by atoms with Gasteiger partial charge < -0.3 is 4.74 Å². The summed E-state index contributed by atoms with van der Waals surface area (Å²) in [4.78, 5) is 11.3. The van der Waals surface area contributed by atoms with Crippen molar-refractivity contribution in [1.82, 2.24) is 4.72 Å². The largest absolute Gasteiger partial charge is 0.469 e. The summed E-state index contributed by atoms with van der Waals surface area (Å²) >= 11 is 0. The van der Waals surface area contributed by atoms with Gasteiger partial charge in [-0.3, -0.25) is 4.79 Å². The molecule has 1 saturated carbocycles. The van der Waals surface area contributed by atoms with Crippen LogP contribution in [0.3, 0.4) is 0 Å². The van der Waals surface area contributed by atoms with E-state index in [1.54, 1.807) is 30.3 Å². The molecule has 0 amide bonds. The molecule has 0 spiro atoms. The molecule has 3 atom stereocenters. The zero-order chi connectivity index (χ0) is 19.0. The number of esters is 1. The summed E-state index contributed by atoms with van der Waals surface area (Å²) in [5.41, 5.74) is 0. The van der Waals surface area contributed by atoms with Crippen molar-refractivity contribution in [3.63, 3.8) is 0 Å². The first-order valence-electron chi connectivity index (χ1n) is 9.22. The quantitative estimate of drug-likeness (QED) is 0.493. The lowest BCUT2D eigenvalue weighted by atomic mass is 9.95. The summed E-state index contributed by atoms with van der Waals surface area (Å²) in [7, 11) is -2.24. The van der Waals surface area contributed by atoms with Crippen LogP contribution in [0.4, 0.5) is 4.39 Å². The van der Waals surface area contributed by atoms with Crippen LogP contribution in [0, 0.1) is 5.92 Å². The van der Waals surface area contributed by atoms with E-state index in [0.717, 1.165) is 25.7 Å². The van der Waals surface area contributed by atoms with Crippen LogP contribution in [0.1, 0.15) is 51.4 Å². The van der Waals surface area contributed by atoms with Crippen LogP contribution in [0.2, 0.25) is 0 Å². The summed E-state index contributed by atoms with van der Waals surface area (Å²) in [6.07, 6.45) is 4.41. The van der Waals surface area contributed by atoms with Crippen LogP contribution >= 0.6 is 0 Å². The molecule has 1 aliphatic rings. The van der Waals surface area contributed by atoms with Gasteiger partial charge in [0.25, 0.3) is 0 Å². The van der Waals surface area contributed by atoms with Gasteiger partial charge in [-0.2, -0.15) is 0 Å². The van der Waals surface area contributed by atoms with Crippen LogP contribution in [0.25, 0.3) is 0 Å². The van der Waals surface area contributed by atoms with E-state index in [2.05, 4.69) is 9.46 Å². The third-order valence-electron chi connectivity index (χ3n) is 4.99. The fourth-order valence-corrected chi connectivity index (χ4v) is 4.86. The number of ether oxygens (including phenoxy) is 1. The number of hydrogen-bond acceptors (Lipinski definition) is 4. The molecule has 2 rings (SSSR count). The lowest BCUT2D eigenvalue weighted by Crippen LogP contribution is -2.39. The molecule has 0 heterocycles. The smallest absolute Gasteiger partial charge is 0.305 e. The predicted molar refractivity (Wildman–Crippen MR) is 97.9 cm³/mol. The minimum absolute atomic E-state index is 0.208. The molecule has 1 fully saturated rings. The van der Waals surface area contributed by atoms with Gasteiger partial charge >= 0.3 is 5.97 Å². The Balaban J connectivity index is 1.81. The Morgan fingerprint density at radius 3 is 2.54 bits per heavy atom. The molecule has 1 aromatic carbocycles. The number of rotatable bonds is 10. The molecular weight excluding hydrogens is 357 g/mol. The Labute approximate surface area is 155 Å². The van der Waals surface area contributed by atoms with E-state index in [-0.39, 0.29) is 22.8 Å². The molecule has 146 valence electrons. The first kappa shape index (κ1) is 20.8. The molecule has 7 heteroatoms. The van der Waals surface area contributed by atoms with Crippen molar-refractivity contribution in [1.29, 1.82) is 0 Å². The normalized spacial score (nSPS) is 23.1. The zero-order valence-corrected chi connectivity index (χ0v) is 16.0. The average Bonchev–Trinajstić information content (AvgIpc) is 2.97. The van der Waals surface area contributed by atoms with Gasteiger partial charge in [0.15, 0.2) is 0 Å². The molecule has 26 heavy (non-hydrogen) atoms. The van der Waals surface area contributed by atoms with Crippen molar-refractivity contribution >= 4 is 16.0 Å². The van der Waals surface area contributed by atoms with Crippen LogP contribution in [0.5, 0.6) is 0 Å². The Hall–Kier alpha value is -1.47. The number of unbranched alkanes of at least 4 members (excludes halogenated alkanes) is 3. The van der Waals surface area contributed by atoms with Gasteiger partial charge in [0.2, 0.25) is 10.0 Å². The van der Waals surface area contributed by atoms with Gasteiger partial charge in [0.1, 0.15) is 6.17 Å². The molecule has 0 aliphatic heterocycles. The lowest BCUT2D eigenvalue weighted by molar-refractivity contribution is -0.140. The van der Waals surface area contributed by atoms with Gasteiger partial charge in [0.05, 0.1) is 12.0 Å². The standard InChI is InChI=1S/C19H28FNO4S/c1-25-19(22)12-8-3-2-7-11-16-17(20)13-14-18(16)21-26(23,24)15-9-5-4-6-10-15/h4-6,9-10,16-18,21H,2-3,7-8,11-14H2,1H3/t16-,17+,18-/m0/s1. The third kappa shape index (κ3) is 6.06. The van der Waals surface area contributed by atoms with Crippen molar-refractivity contribution in [3.8, 4) is 0 Å².